The zero-order valence-corrected chi connectivity index (χ0v) is 15.2. The highest BCUT2D eigenvalue weighted by molar-refractivity contribution is 6.30. The van der Waals surface area contributed by atoms with Crippen molar-refractivity contribution in [1.29, 1.82) is 0 Å². The lowest BCUT2D eigenvalue weighted by Gasteiger charge is -2.24. The van der Waals surface area contributed by atoms with E-state index in [0.717, 1.165) is 54.0 Å². The van der Waals surface area contributed by atoms with Crippen LogP contribution in [0.4, 0.5) is 5.82 Å². The van der Waals surface area contributed by atoms with E-state index in [4.69, 9.17) is 21.6 Å². The Morgan fingerprint density at radius 3 is 2.71 bits per heavy atom. The molecule has 1 fully saturated rings. The minimum absolute atomic E-state index is 0.665. The van der Waals surface area contributed by atoms with Crippen molar-refractivity contribution >= 4 is 17.4 Å². The van der Waals surface area contributed by atoms with Gasteiger partial charge in [0.1, 0.15) is 5.82 Å². The van der Waals surface area contributed by atoms with Crippen LogP contribution in [0.25, 0.3) is 11.4 Å². The quantitative estimate of drug-likeness (QED) is 0.858. The molecule has 128 valence electrons. The Bertz CT molecular complexity index is 679. The molecule has 0 bridgehead atoms. The summed E-state index contributed by atoms with van der Waals surface area (Å²) in [5, 5.41) is 7.77. The van der Waals surface area contributed by atoms with E-state index in [1.807, 2.05) is 24.3 Å². The van der Waals surface area contributed by atoms with Crippen LogP contribution < -0.4 is 10.6 Å². The Labute approximate surface area is 149 Å². The molecule has 1 aliphatic heterocycles. The van der Waals surface area contributed by atoms with Crippen molar-refractivity contribution in [2.75, 3.05) is 25.0 Å². The lowest BCUT2D eigenvalue weighted by molar-refractivity contribution is 0.392. The number of rotatable bonds is 5. The topological polar surface area (TPSA) is 49.8 Å². The maximum Gasteiger partial charge on any atom is 0.161 e. The van der Waals surface area contributed by atoms with Gasteiger partial charge in [-0.25, -0.2) is 9.97 Å². The summed E-state index contributed by atoms with van der Waals surface area (Å²) in [6, 6.07) is 7.70. The van der Waals surface area contributed by atoms with Gasteiger partial charge in [-0.2, -0.15) is 0 Å². The Hall–Kier alpha value is -1.65. The lowest BCUT2D eigenvalue weighted by atomic mass is 9.99. The highest BCUT2D eigenvalue weighted by atomic mass is 35.5. The van der Waals surface area contributed by atoms with Crippen molar-refractivity contribution in [3.05, 3.63) is 40.5 Å². The van der Waals surface area contributed by atoms with Gasteiger partial charge >= 0.3 is 0 Å². The van der Waals surface area contributed by atoms with Crippen LogP contribution in [0, 0.1) is 12.8 Å². The molecule has 0 radical (unpaired) electrons. The molecule has 0 spiro atoms. The van der Waals surface area contributed by atoms with Crippen molar-refractivity contribution in [1.82, 2.24) is 15.3 Å². The zero-order valence-electron chi connectivity index (χ0n) is 14.4. The number of hydrogen-bond donors (Lipinski definition) is 2. The number of aryl methyl sites for hydroxylation is 1. The third kappa shape index (κ3) is 4.05. The van der Waals surface area contributed by atoms with Crippen LogP contribution in [0.3, 0.4) is 0 Å². The maximum absolute atomic E-state index is 5.99. The van der Waals surface area contributed by atoms with Crippen LogP contribution in [-0.2, 0) is 6.42 Å². The predicted octanol–water partition coefficient (Wildman–Crippen LogP) is 4.08. The third-order valence-electron chi connectivity index (χ3n) is 4.63. The van der Waals surface area contributed by atoms with Gasteiger partial charge in [-0.15, -0.1) is 0 Å². The first kappa shape index (κ1) is 17.2. The van der Waals surface area contributed by atoms with Crippen molar-refractivity contribution in [2.24, 2.45) is 5.92 Å². The molecule has 1 atom stereocenters. The molecule has 0 amide bonds. The fourth-order valence-corrected chi connectivity index (χ4v) is 3.36. The summed E-state index contributed by atoms with van der Waals surface area (Å²) in [5.74, 6) is 2.39. The molecule has 2 heterocycles. The van der Waals surface area contributed by atoms with E-state index in [2.05, 4.69) is 24.5 Å². The van der Waals surface area contributed by atoms with E-state index in [9.17, 15) is 0 Å². The number of nitrogens with one attached hydrogen (secondary N) is 2. The molecule has 1 unspecified atom stereocenters. The minimum atomic E-state index is 0.665. The minimum Gasteiger partial charge on any atom is -0.369 e. The highest BCUT2D eigenvalue weighted by Crippen LogP contribution is 2.24. The first-order valence-corrected chi connectivity index (χ1v) is 9.13. The molecule has 0 saturated carbocycles. The smallest absolute Gasteiger partial charge is 0.161 e. The number of halogens is 1. The second-order valence-corrected chi connectivity index (χ2v) is 6.85. The van der Waals surface area contributed by atoms with Gasteiger partial charge in [-0.1, -0.05) is 18.5 Å². The van der Waals surface area contributed by atoms with Crippen molar-refractivity contribution in [2.45, 2.75) is 33.1 Å². The number of aromatic nitrogens is 2. The van der Waals surface area contributed by atoms with Crippen LogP contribution in [0.1, 0.15) is 31.0 Å². The molecule has 1 aromatic heterocycles. The molecule has 5 heteroatoms. The average Bonchev–Trinajstić information content (AvgIpc) is 2.61. The first-order chi connectivity index (χ1) is 11.7. The normalized spacial score (nSPS) is 17.7. The van der Waals surface area contributed by atoms with E-state index in [1.165, 1.54) is 18.4 Å². The van der Waals surface area contributed by atoms with E-state index < -0.39 is 0 Å². The van der Waals surface area contributed by atoms with Gasteiger partial charge in [0.15, 0.2) is 5.82 Å². The third-order valence-corrected chi connectivity index (χ3v) is 4.88. The monoisotopic (exact) mass is 344 g/mol. The average molecular weight is 345 g/mol. The van der Waals surface area contributed by atoms with Crippen molar-refractivity contribution < 1.29 is 0 Å². The number of anilines is 1. The summed E-state index contributed by atoms with van der Waals surface area (Å²) in [4.78, 5) is 9.50. The summed E-state index contributed by atoms with van der Waals surface area (Å²) in [6.45, 7) is 7.40. The number of nitrogens with zero attached hydrogens (tertiary/aromatic N) is 2. The van der Waals surface area contributed by atoms with Gasteiger partial charge in [0.2, 0.25) is 0 Å². The van der Waals surface area contributed by atoms with E-state index in [0.29, 0.717) is 5.92 Å². The van der Waals surface area contributed by atoms with Crippen LogP contribution in [0.2, 0.25) is 5.02 Å². The summed E-state index contributed by atoms with van der Waals surface area (Å²) in [5.41, 5.74) is 3.24. The lowest BCUT2D eigenvalue weighted by Crippen LogP contribution is -2.33. The molecule has 1 aliphatic rings. The summed E-state index contributed by atoms with van der Waals surface area (Å²) in [6.07, 6.45) is 3.46. The van der Waals surface area contributed by atoms with Crippen molar-refractivity contribution in [3.8, 4) is 11.4 Å². The van der Waals surface area contributed by atoms with Crippen LogP contribution in [-0.4, -0.2) is 29.6 Å². The largest absolute Gasteiger partial charge is 0.369 e. The Morgan fingerprint density at radius 2 is 2.04 bits per heavy atom. The van der Waals surface area contributed by atoms with Gasteiger partial charge in [0, 0.05) is 28.4 Å². The summed E-state index contributed by atoms with van der Waals surface area (Å²) < 4.78 is 0. The van der Waals surface area contributed by atoms with Gasteiger partial charge in [0.05, 0.1) is 0 Å². The van der Waals surface area contributed by atoms with E-state index in [1.54, 1.807) is 0 Å². The second kappa shape index (κ2) is 7.95. The summed E-state index contributed by atoms with van der Waals surface area (Å²) in [7, 11) is 0. The molecular weight excluding hydrogens is 320 g/mol. The Kier molecular flexibility index (Phi) is 5.69. The van der Waals surface area contributed by atoms with Gasteiger partial charge in [-0.3, -0.25) is 0 Å². The summed E-state index contributed by atoms with van der Waals surface area (Å²) >= 11 is 5.99. The number of benzene rings is 1. The first-order valence-electron chi connectivity index (χ1n) is 8.75. The molecule has 24 heavy (non-hydrogen) atoms. The van der Waals surface area contributed by atoms with Gasteiger partial charge < -0.3 is 10.6 Å². The second-order valence-electron chi connectivity index (χ2n) is 6.41. The molecule has 0 aliphatic carbocycles. The fraction of sp³-hybridized carbons (Fsp3) is 0.474. The standard InChI is InChI=1S/C19H25ClN4/c1-3-17-13(2)23-18(15-6-8-16(20)9-7-15)24-19(17)22-12-14-5-4-10-21-11-14/h6-9,14,21H,3-5,10-12H2,1-2H3,(H,22,23,24). The van der Waals surface area contributed by atoms with Crippen LogP contribution >= 0.6 is 11.6 Å². The molecule has 2 N–H and O–H groups in total. The van der Waals surface area contributed by atoms with Crippen molar-refractivity contribution in [3.63, 3.8) is 0 Å². The van der Waals surface area contributed by atoms with E-state index >= 15 is 0 Å². The molecular formula is C19H25ClN4. The fourth-order valence-electron chi connectivity index (χ4n) is 3.23. The molecule has 4 nitrogen and oxygen atoms in total. The SMILES string of the molecule is CCc1c(C)nc(-c2ccc(Cl)cc2)nc1NCC1CCCNC1. The molecule has 2 aromatic rings. The Morgan fingerprint density at radius 1 is 1.25 bits per heavy atom. The van der Waals surface area contributed by atoms with Gasteiger partial charge in [0.25, 0.3) is 0 Å². The number of hydrogen-bond acceptors (Lipinski definition) is 4. The van der Waals surface area contributed by atoms with E-state index in [-0.39, 0.29) is 0 Å². The maximum atomic E-state index is 5.99. The predicted molar refractivity (Wildman–Crippen MR) is 101 cm³/mol. The van der Waals surface area contributed by atoms with Crippen LogP contribution in [0.5, 0.6) is 0 Å². The van der Waals surface area contributed by atoms with Crippen LogP contribution in [0.15, 0.2) is 24.3 Å². The molecule has 1 aromatic carbocycles. The molecule has 3 rings (SSSR count). The number of piperidine rings is 1. The molecule has 1 saturated heterocycles. The zero-order chi connectivity index (χ0) is 16.9. The Balaban J connectivity index is 1.84. The van der Waals surface area contributed by atoms with Gasteiger partial charge in [-0.05, 0) is 69.5 Å². The highest BCUT2D eigenvalue weighted by Gasteiger charge is 2.16.